The number of nitrogens with one attached hydrogen (secondary N) is 1. The van der Waals surface area contributed by atoms with E-state index in [-0.39, 0.29) is 11.7 Å². The first kappa shape index (κ1) is 19.7. The van der Waals surface area contributed by atoms with Crippen molar-refractivity contribution in [3.05, 3.63) is 69.9 Å². The number of aromatic nitrogens is 3. The lowest BCUT2D eigenvalue weighted by Gasteiger charge is -2.19. The zero-order chi connectivity index (χ0) is 21.4. The first-order valence-corrected chi connectivity index (χ1v) is 11.2. The molecule has 1 aliphatic heterocycles. The average Bonchev–Trinajstić information content (AvgIpc) is 3.51. The molecule has 8 heteroatoms. The number of halogens is 1. The van der Waals surface area contributed by atoms with Gasteiger partial charge < -0.3 is 10.2 Å². The summed E-state index contributed by atoms with van der Waals surface area (Å²) in [5, 5.41) is 9.97. The maximum Gasteiger partial charge on any atom is 0.256 e. The zero-order valence-electron chi connectivity index (χ0n) is 17.1. The van der Waals surface area contributed by atoms with E-state index in [0.717, 1.165) is 36.5 Å². The highest BCUT2D eigenvalue weighted by molar-refractivity contribution is 7.09. The quantitative estimate of drug-likeness (QED) is 0.487. The van der Waals surface area contributed by atoms with Crippen LogP contribution in [0.4, 0.5) is 15.8 Å². The lowest BCUT2D eigenvalue weighted by Crippen LogP contribution is -2.19. The van der Waals surface area contributed by atoms with Gasteiger partial charge in [0.15, 0.2) is 5.65 Å². The number of thiophene rings is 1. The number of hydrogen-bond acceptors (Lipinski definition) is 5. The van der Waals surface area contributed by atoms with Crippen molar-refractivity contribution in [3.63, 3.8) is 0 Å². The molecule has 4 aromatic rings. The fourth-order valence-electron chi connectivity index (χ4n) is 4.02. The summed E-state index contributed by atoms with van der Waals surface area (Å²) in [6, 6.07) is 10.7. The lowest BCUT2D eigenvalue weighted by atomic mass is 10.1. The monoisotopic (exact) mass is 435 g/mol. The maximum absolute atomic E-state index is 14.6. The van der Waals surface area contributed by atoms with Gasteiger partial charge in [-0.25, -0.2) is 14.1 Å². The van der Waals surface area contributed by atoms with Crippen molar-refractivity contribution >= 4 is 39.7 Å². The summed E-state index contributed by atoms with van der Waals surface area (Å²) in [6.45, 7) is 4.18. The summed E-state index contributed by atoms with van der Waals surface area (Å²) in [6.07, 6.45) is 3.83. The van der Waals surface area contributed by atoms with Crippen LogP contribution < -0.4 is 10.2 Å². The van der Waals surface area contributed by atoms with Crippen LogP contribution in [-0.2, 0) is 6.54 Å². The van der Waals surface area contributed by atoms with Gasteiger partial charge in [-0.1, -0.05) is 6.07 Å². The molecule has 1 aromatic carbocycles. The van der Waals surface area contributed by atoms with Crippen molar-refractivity contribution in [2.45, 2.75) is 26.3 Å². The second kappa shape index (κ2) is 8.11. The number of pyridine rings is 1. The number of nitrogens with zero attached hydrogens (tertiary/aromatic N) is 4. The summed E-state index contributed by atoms with van der Waals surface area (Å²) in [7, 11) is 0. The smallest absolute Gasteiger partial charge is 0.256 e. The second-order valence-corrected chi connectivity index (χ2v) is 8.78. The molecule has 0 radical (unpaired) electrons. The normalized spacial score (nSPS) is 13.8. The van der Waals surface area contributed by atoms with Crippen molar-refractivity contribution in [1.29, 1.82) is 0 Å². The fraction of sp³-hybridized carbons (Fsp3) is 0.261. The van der Waals surface area contributed by atoms with Gasteiger partial charge in [0.1, 0.15) is 5.82 Å². The van der Waals surface area contributed by atoms with Crippen LogP contribution in [0.25, 0.3) is 11.0 Å². The highest BCUT2D eigenvalue weighted by Gasteiger charge is 2.19. The van der Waals surface area contributed by atoms with Gasteiger partial charge in [-0.3, -0.25) is 4.79 Å². The molecule has 0 unspecified atom stereocenters. The number of anilines is 2. The highest BCUT2D eigenvalue weighted by atomic mass is 32.1. The molecule has 1 fully saturated rings. The van der Waals surface area contributed by atoms with Gasteiger partial charge in [0.05, 0.1) is 29.4 Å². The third-order valence-electron chi connectivity index (χ3n) is 5.52. The number of rotatable bonds is 5. The first-order valence-electron chi connectivity index (χ1n) is 10.3. The standard InChI is InChI=1S/C23H22FN5OS/c1-15-11-18(19-13-25-29(22(19)26-15)14-17-5-4-10-31-17)23(30)27-16-6-7-21(20(24)12-16)28-8-2-3-9-28/h4-7,10-13H,2-3,8-9,14H2,1H3,(H,27,30). The molecule has 3 aromatic heterocycles. The Morgan fingerprint density at radius 3 is 2.81 bits per heavy atom. The van der Waals surface area contributed by atoms with E-state index in [1.807, 2.05) is 29.3 Å². The van der Waals surface area contributed by atoms with E-state index in [1.165, 1.54) is 6.07 Å². The molecule has 0 saturated carbocycles. The van der Waals surface area contributed by atoms with Gasteiger partial charge in [0.25, 0.3) is 5.91 Å². The predicted molar refractivity (Wildman–Crippen MR) is 121 cm³/mol. The average molecular weight is 436 g/mol. The fourth-order valence-corrected chi connectivity index (χ4v) is 4.71. The van der Waals surface area contributed by atoms with Crippen LogP contribution in [-0.4, -0.2) is 33.8 Å². The van der Waals surface area contributed by atoms with Crippen LogP contribution in [0.3, 0.4) is 0 Å². The SMILES string of the molecule is Cc1cc(C(=O)Nc2ccc(N3CCCC3)c(F)c2)c2cnn(Cc3cccs3)c2n1. The van der Waals surface area contributed by atoms with Crippen molar-refractivity contribution in [1.82, 2.24) is 14.8 Å². The Morgan fingerprint density at radius 1 is 1.23 bits per heavy atom. The van der Waals surface area contributed by atoms with Gasteiger partial charge in [-0.15, -0.1) is 11.3 Å². The molecule has 1 amide bonds. The van der Waals surface area contributed by atoms with Crippen molar-refractivity contribution < 1.29 is 9.18 Å². The molecule has 1 saturated heterocycles. The van der Waals surface area contributed by atoms with Gasteiger partial charge in [-0.2, -0.15) is 5.10 Å². The minimum Gasteiger partial charge on any atom is -0.369 e. The number of amides is 1. The minimum atomic E-state index is -0.320. The van der Waals surface area contributed by atoms with Crippen LogP contribution in [0.15, 0.2) is 48.0 Å². The molecule has 0 spiro atoms. The molecular weight excluding hydrogens is 413 g/mol. The van der Waals surface area contributed by atoms with Crippen LogP contribution in [0, 0.1) is 12.7 Å². The maximum atomic E-state index is 14.6. The van der Waals surface area contributed by atoms with E-state index in [2.05, 4.69) is 15.4 Å². The Labute approximate surface area is 183 Å². The third kappa shape index (κ3) is 3.90. The minimum absolute atomic E-state index is 0.306. The summed E-state index contributed by atoms with van der Waals surface area (Å²) >= 11 is 1.65. The van der Waals surface area contributed by atoms with E-state index >= 15 is 0 Å². The van der Waals surface area contributed by atoms with Gasteiger partial charge in [0.2, 0.25) is 0 Å². The Bertz CT molecular complexity index is 1240. The molecule has 5 rings (SSSR count). The number of fused-ring (bicyclic) bond motifs is 1. The van der Waals surface area contributed by atoms with Crippen molar-refractivity contribution in [2.24, 2.45) is 0 Å². The lowest BCUT2D eigenvalue weighted by molar-refractivity contribution is 0.102. The molecule has 6 nitrogen and oxygen atoms in total. The van der Waals surface area contributed by atoms with Crippen LogP contribution in [0.2, 0.25) is 0 Å². The number of aryl methyl sites for hydroxylation is 1. The zero-order valence-corrected chi connectivity index (χ0v) is 18.0. The Balaban J connectivity index is 1.42. The summed E-state index contributed by atoms with van der Waals surface area (Å²) < 4.78 is 16.4. The van der Waals surface area contributed by atoms with Crippen LogP contribution in [0.5, 0.6) is 0 Å². The van der Waals surface area contributed by atoms with Gasteiger partial charge in [-0.05, 0) is 55.5 Å². The van der Waals surface area contributed by atoms with E-state index in [1.54, 1.807) is 40.4 Å². The molecule has 158 valence electrons. The number of carbonyl (C=O) groups excluding carboxylic acids is 1. The number of hydrogen-bond donors (Lipinski definition) is 1. The highest BCUT2D eigenvalue weighted by Crippen LogP contribution is 2.27. The summed E-state index contributed by atoms with van der Waals surface area (Å²) in [4.78, 5) is 20.8. The second-order valence-electron chi connectivity index (χ2n) is 7.74. The topological polar surface area (TPSA) is 63.1 Å². The summed E-state index contributed by atoms with van der Waals surface area (Å²) in [5.41, 5.74) is 2.88. The molecule has 1 aliphatic rings. The molecule has 1 N–H and O–H groups in total. The predicted octanol–water partition coefficient (Wildman–Crippen LogP) is 4.84. The van der Waals surface area contributed by atoms with E-state index < -0.39 is 0 Å². The molecule has 4 heterocycles. The molecule has 0 atom stereocenters. The van der Waals surface area contributed by atoms with E-state index in [9.17, 15) is 9.18 Å². The number of carbonyl (C=O) groups is 1. The van der Waals surface area contributed by atoms with Crippen molar-refractivity contribution in [3.8, 4) is 0 Å². The van der Waals surface area contributed by atoms with Crippen LogP contribution >= 0.6 is 11.3 Å². The van der Waals surface area contributed by atoms with Gasteiger partial charge >= 0.3 is 0 Å². The third-order valence-corrected chi connectivity index (χ3v) is 6.38. The Hall–Kier alpha value is -3.26. The Kier molecular flexibility index (Phi) is 5.15. The van der Waals surface area contributed by atoms with Crippen LogP contribution in [0.1, 0.15) is 33.8 Å². The summed E-state index contributed by atoms with van der Waals surface area (Å²) in [5.74, 6) is -0.626. The largest absolute Gasteiger partial charge is 0.369 e. The van der Waals surface area contributed by atoms with Gasteiger partial charge in [0, 0.05) is 29.3 Å². The van der Waals surface area contributed by atoms with E-state index in [0.29, 0.717) is 34.5 Å². The molecular formula is C23H22FN5OS. The Morgan fingerprint density at radius 2 is 2.06 bits per heavy atom. The molecule has 0 aliphatic carbocycles. The van der Waals surface area contributed by atoms with Crippen molar-refractivity contribution in [2.75, 3.05) is 23.3 Å². The first-order chi connectivity index (χ1) is 15.1. The molecule has 31 heavy (non-hydrogen) atoms. The molecule has 0 bridgehead atoms. The van der Waals surface area contributed by atoms with E-state index in [4.69, 9.17) is 0 Å². The number of benzene rings is 1.